The summed E-state index contributed by atoms with van der Waals surface area (Å²) in [6.45, 7) is 4.83. The molecule has 188 valence electrons. The highest BCUT2D eigenvalue weighted by atomic mass is 16.5. The maximum absolute atomic E-state index is 11.9. The molecule has 0 aliphatic carbocycles. The molecule has 0 saturated heterocycles. The summed E-state index contributed by atoms with van der Waals surface area (Å²) >= 11 is 0. The molecule has 37 heavy (non-hydrogen) atoms. The molecule has 0 fully saturated rings. The Morgan fingerprint density at radius 3 is 1.46 bits per heavy atom. The molecule has 0 aliphatic heterocycles. The average Bonchev–Trinajstić information content (AvgIpc) is 2.94. The number of nitrogens with zero attached hydrogens (tertiary/aromatic N) is 4. The number of carbonyl (C=O) groups is 2. The molecule has 9 heteroatoms. The van der Waals surface area contributed by atoms with E-state index >= 15 is 0 Å². The van der Waals surface area contributed by atoms with Gasteiger partial charge in [-0.1, -0.05) is 24.3 Å². The van der Waals surface area contributed by atoms with E-state index in [0.29, 0.717) is 49.2 Å². The van der Waals surface area contributed by atoms with Crippen LogP contribution in [0, 0.1) is 0 Å². The van der Waals surface area contributed by atoms with Crippen LogP contribution in [0.4, 0.5) is 0 Å². The van der Waals surface area contributed by atoms with Gasteiger partial charge < -0.3 is 14.2 Å². The molecule has 0 spiro atoms. The Morgan fingerprint density at radius 1 is 0.622 bits per heavy atom. The van der Waals surface area contributed by atoms with Crippen molar-refractivity contribution in [3.63, 3.8) is 0 Å². The van der Waals surface area contributed by atoms with Gasteiger partial charge in [-0.3, -0.25) is 9.97 Å². The Kier molecular flexibility index (Phi) is 8.62. The van der Waals surface area contributed by atoms with Crippen LogP contribution in [0.15, 0.2) is 73.1 Å². The Morgan fingerprint density at radius 2 is 1.08 bits per heavy atom. The Bertz CT molecular complexity index is 1250. The predicted molar refractivity (Wildman–Crippen MR) is 135 cm³/mol. The number of rotatable bonds is 10. The van der Waals surface area contributed by atoms with Crippen LogP contribution < -0.4 is 0 Å². The summed E-state index contributed by atoms with van der Waals surface area (Å²) in [5.41, 5.74) is 4.76. The second-order valence-electron chi connectivity index (χ2n) is 7.85. The first-order chi connectivity index (χ1) is 18.1. The van der Waals surface area contributed by atoms with Gasteiger partial charge in [0.15, 0.2) is 0 Å². The molecular formula is C28H26N4O5. The minimum atomic E-state index is -0.460. The van der Waals surface area contributed by atoms with Crippen LogP contribution in [0.5, 0.6) is 0 Å². The lowest BCUT2D eigenvalue weighted by Crippen LogP contribution is -2.07. The Labute approximate surface area is 214 Å². The zero-order valence-corrected chi connectivity index (χ0v) is 20.6. The molecule has 4 heterocycles. The van der Waals surface area contributed by atoms with E-state index < -0.39 is 11.9 Å². The molecule has 0 radical (unpaired) electrons. The van der Waals surface area contributed by atoms with Crippen molar-refractivity contribution < 1.29 is 23.8 Å². The van der Waals surface area contributed by atoms with Gasteiger partial charge in [0.2, 0.25) is 0 Å². The SMILES string of the molecule is CCOC(=O)c1cccc(-c2ccc(COCc3ccc(-c4cccc(C(=O)OCC)n4)nc3)cn2)n1. The first-order valence-corrected chi connectivity index (χ1v) is 11.8. The number of ether oxygens (including phenoxy) is 3. The fourth-order valence-corrected chi connectivity index (χ4v) is 3.40. The summed E-state index contributed by atoms with van der Waals surface area (Å²) in [6, 6.07) is 17.8. The third-order valence-electron chi connectivity index (χ3n) is 5.18. The molecule has 4 aromatic heterocycles. The van der Waals surface area contributed by atoms with Crippen molar-refractivity contribution in [2.75, 3.05) is 13.2 Å². The maximum atomic E-state index is 11.9. The highest BCUT2D eigenvalue weighted by Crippen LogP contribution is 2.18. The van der Waals surface area contributed by atoms with E-state index in [2.05, 4.69) is 19.9 Å². The summed E-state index contributed by atoms with van der Waals surface area (Å²) in [6.07, 6.45) is 3.44. The lowest BCUT2D eigenvalue weighted by Gasteiger charge is -2.07. The third kappa shape index (κ3) is 6.80. The van der Waals surface area contributed by atoms with E-state index in [1.165, 1.54) is 0 Å². The molecule has 0 amide bonds. The largest absolute Gasteiger partial charge is 0.461 e. The second-order valence-corrected chi connectivity index (χ2v) is 7.85. The molecule has 0 N–H and O–H groups in total. The quantitative estimate of drug-likeness (QED) is 0.288. The van der Waals surface area contributed by atoms with E-state index in [9.17, 15) is 9.59 Å². The van der Waals surface area contributed by atoms with E-state index in [0.717, 1.165) is 11.1 Å². The minimum absolute atomic E-state index is 0.246. The van der Waals surface area contributed by atoms with Crippen LogP contribution in [-0.2, 0) is 27.4 Å². The molecular weight excluding hydrogens is 472 g/mol. The lowest BCUT2D eigenvalue weighted by atomic mass is 10.2. The van der Waals surface area contributed by atoms with Crippen molar-refractivity contribution in [1.29, 1.82) is 0 Å². The minimum Gasteiger partial charge on any atom is -0.461 e. The van der Waals surface area contributed by atoms with Gasteiger partial charge in [-0.25, -0.2) is 19.6 Å². The first kappa shape index (κ1) is 25.6. The molecule has 0 bridgehead atoms. The first-order valence-electron chi connectivity index (χ1n) is 11.8. The molecule has 9 nitrogen and oxygen atoms in total. The number of aromatic nitrogens is 4. The van der Waals surface area contributed by atoms with Gasteiger partial charge in [-0.2, -0.15) is 0 Å². The van der Waals surface area contributed by atoms with Crippen LogP contribution in [0.25, 0.3) is 22.8 Å². The number of hydrogen-bond acceptors (Lipinski definition) is 9. The predicted octanol–water partition coefficient (Wildman–Crippen LogP) is 4.67. The van der Waals surface area contributed by atoms with Crippen LogP contribution in [0.2, 0.25) is 0 Å². The van der Waals surface area contributed by atoms with Gasteiger partial charge in [0, 0.05) is 12.4 Å². The monoisotopic (exact) mass is 498 g/mol. The number of pyridine rings is 4. The topological polar surface area (TPSA) is 113 Å². The fraction of sp³-hybridized carbons (Fsp3) is 0.214. The molecule has 0 aliphatic rings. The van der Waals surface area contributed by atoms with Gasteiger partial charge in [0.25, 0.3) is 0 Å². The highest BCUT2D eigenvalue weighted by molar-refractivity contribution is 5.88. The van der Waals surface area contributed by atoms with Crippen molar-refractivity contribution in [2.45, 2.75) is 27.1 Å². The zero-order chi connectivity index (χ0) is 26.0. The maximum Gasteiger partial charge on any atom is 0.356 e. The van der Waals surface area contributed by atoms with Crippen molar-refractivity contribution in [1.82, 2.24) is 19.9 Å². The van der Waals surface area contributed by atoms with Crippen LogP contribution in [0.1, 0.15) is 46.0 Å². The third-order valence-corrected chi connectivity index (χ3v) is 5.18. The molecule has 0 unspecified atom stereocenters. The smallest absolute Gasteiger partial charge is 0.356 e. The number of carbonyl (C=O) groups excluding carboxylic acids is 2. The summed E-state index contributed by atoms with van der Waals surface area (Å²) in [5.74, 6) is -0.920. The summed E-state index contributed by atoms with van der Waals surface area (Å²) in [5, 5.41) is 0. The van der Waals surface area contributed by atoms with E-state index in [1.54, 1.807) is 62.6 Å². The molecule has 0 atom stereocenters. The Balaban J connectivity index is 1.32. The normalized spacial score (nSPS) is 10.6. The van der Waals surface area contributed by atoms with Crippen LogP contribution in [0.3, 0.4) is 0 Å². The van der Waals surface area contributed by atoms with Crippen LogP contribution >= 0.6 is 0 Å². The van der Waals surface area contributed by atoms with Gasteiger partial charge in [-0.15, -0.1) is 0 Å². The standard InChI is InChI=1S/C28H26N4O5/c1-3-36-27(33)25-9-5-7-23(31-25)21-13-11-19(15-29-21)17-35-18-20-12-14-22(30-16-20)24-8-6-10-26(32-24)28(34)37-4-2/h5-16H,3-4,17-18H2,1-2H3. The van der Waals surface area contributed by atoms with Crippen molar-refractivity contribution >= 4 is 11.9 Å². The summed E-state index contributed by atoms with van der Waals surface area (Å²) < 4.78 is 15.8. The summed E-state index contributed by atoms with van der Waals surface area (Å²) in [7, 11) is 0. The van der Waals surface area contributed by atoms with Gasteiger partial charge >= 0.3 is 11.9 Å². The van der Waals surface area contributed by atoms with E-state index in [4.69, 9.17) is 14.2 Å². The van der Waals surface area contributed by atoms with E-state index in [1.807, 2.05) is 24.3 Å². The highest BCUT2D eigenvalue weighted by Gasteiger charge is 2.11. The van der Waals surface area contributed by atoms with Gasteiger partial charge in [0.1, 0.15) is 11.4 Å². The molecule has 4 rings (SSSR count). The van der Waals surface area contributed by atoms with Crippen molar-refractivity contribution in [3.8, 4) is 22.8 Å². The molecule has 4 aromatic rings. The van der Waals surface area contributed by atoms with Crippen molar-refractivity contribution in [3.05, 3.63) is 95.6 Å². The molecule has 0 aromatic carbocycles. The zero-order valence-electron chi connectivity index (χ0n) is 20.6. The molecule has 0 saturated carbocycles. The fourth-order valence-electron chi connectivity index (χ4n) is 3.40. The summed E-state index contributed by atoms with van der Waals surface area (Å²) in [4.78, 5) is 41.4. The average molecular weight is 499 g/mol. The van der Waals surface area contributed by atoms with Gasteiger partial charge in [-0.05, 0) is 61.4 Å². The second kappa shape index (κ2) is 12.5. The number of esters is 2. The van der Waals surface area contributed by atoms with Crippen LogP contribution in [-0.4, -0.2) is 45.1 Å². The van der Waals surface area contributed by atoms with Crippen molar-refractivity contribution in [2.24, 2.45) is 0 Å². The number of hydrogen-bond donors (Lipinski definition) is 0. The lowest BCUT2D eigenvalue weighted by molar-refractivity contribution is 0.0510. The van der Waals surface area contributed by atoms with Gasteiger partial charge in [0.05, 0.1) is 49.2 Å². The van der Waals surface area contributed by atoms with E-state index in [-0.39, 0.29) is 11.4 Å². The Hall–Kier alpha value is -4.50.